The van der Waals surface area contributed by atoms with Gasteiger partial charge in [-0.25, -0.2) is 9.36 Å². The Labute approximate surface area is 191 Å². The summed E-state index contributed by atoms with van der Waals surface area (Å²) in [7, 11) is 0. The van der Waals surface area contributed by atoms with E-state index in [0.29, 0.717) is 32.0 Å². The number of nitrogens with zero attached hydrogens (tertiary/aromatic N) is 6. The highest BCUT2D eigenvalue weighted by atomic mass is 16.2. The Balaban J connectivity index is 1.21. The van der Waals surface area contributed by atoms with Gasteiger partial charge in [0.05, 0.1) is 12.2 Å². The van der Waals surface area contributed by atoms with Gasteiger partial charge >= 0.3 is 0 Å². The number of benzene rings is 1. The number of piperazine rings is 1. The van der Waals surface area contributed by atoms with Gasteiger partial charge in [0.15, 0.2) is 5.82 Å². The van der Waals surface area contributed by atoms with E-state index in [1.807, 2.05) is 55.3 Å². The van der Waals surface area contributed by atoms with Crippen molar-refractivity contribution in [2.75, 3.05) is 32.7 Å². The molecule has 1 amide bonds. The molecule has 1 fully saturated rings. The molecule has 0 atom stereocenters. The first kappa shape index (κ1) is 21.1. The maximum absolute atomic E-state index is 13.1. The first-order valence-electron chi connectivity index (χ1n) is 11.2. The van der Waals surface area contributed by atoms with Gasteiger partial charge in [-0.15, -0.1) is 5.10 Å². The van der Waals surface area contributed by atoms with Crippen molar-refractivity contribution in [1.82, 2.24) is 34.3 Å². The molecule has 1 saturated heterocycles. The van der Waals surface area contributed by atoms with E-state index in [4.69, 9.17) is 0 Å². The van der Waals surface area contributed by atoms with Crippen molar-refractivity contribution < 1.29 is 4.79 Å². The zero-order chi connectivity index (χ0) is 22.9. The van der Waals surface area contributed by atoms with Crippen LogP contribution in [0, 0.1) is 13.8 Å². The molecule has 0 bridgehead atoms. The summed E-state index contributed by atoms with van der Waals surface area (Å²) in [5.41, 5.74) is 3.46. The highest BCUT2D eigenvalue weighted by Gasteiger charge is 2.23. The van der Waals surface area contributed by atoms with Crippen molar-refractivity contribution in [1.29, 1.82) is 0 Å². The Bertz CT molecular complexity index is 1360. The highest BCUT2D eigenvalue weighted by Crippen LogP contribution is 2.20. The molecule has 0 spiro atoms. The summed E-state index contributed by atoms with van der Waals surface area (Å²) in [6, 6.07) is 12.9. The fourth-order valence-electron chi connectivity index (χ4n) is 4.43. The van der Waals surface area contributed by atoms with Crippen LogP contribution < -0.4 is 5.56 Å². The number of amides is 1. The van der Waals surface area contributed by atoms with Crippen molar-refractivity contribution >= 4 is 16.8 Å². The Morgan fingerprint density at radius 3 is 2.58 bits per heavy atom. The fourth-order valence-corrected chi connectivity index (χ4v) is 4.43. The molecule has 33 heavy (non-hydrogen) atoms. The minimum Gasteiger partial charge on any atom is -0.361 e. The molecule has 170 valence electrons. The summed E-state index contributed by atoms with van der Waals surface area (Å²) >= 11 is 0. The van der Waals surface area contributed by atoms with Crippen LogP contribution >= 0.6 is 0 Å². The zero-order valence-electron chi connectivity index (χ0n) is 18.9. The van der Waals surface area contributed by atoms with Gasteiger partial charge in [-0.3, -0.25) is 14.5 Å². The lowest BCUT2D eigenvalue weighted by Gasteiger charge is -2.34. The Morgan fingerprint density at radius 1 is 1.00 bits per heavy atom. The number of rotatable bonds is 5. The quantitative estimate of drug-likeness (QED) is 0.507. The van der Waals surface area contributed by atoms with Gasteiger partial charge in [0, 0.05) is 67.1 Å². The minimum absolute atomic E-state index is 0.0651. The molecule has 1 aromatic carbocycles. The fraction of sp³-hybridized carbons (Fsp3) is 0.333. The number of aromatic nitrogens is 5. The predicted octanol–water partition coefficient (Wildman–Crippen LogP) is 1.99. The highest BCUT2D eigenvalue weighted by molar-refractivity contribution is 6.06. The molecule has 1 aliphatic heterocycles. The van der Waals surface area contributed by atoms with E-state index in [2.05, 4.69) is 20.1 Å². The van der Waals surface area contributed by atoms with Crippen LogP contribution in [-0.2, 0) is 6.54 Å². The smallest absolute Gasteiger partial charge is 0.266 e. The van der Waals surface area contributed by atoms with E-state index < -0.39 is 0 Å². The first-order valence-corrected chi connectivity index (χ1v) is 11.2. The zero-order valence-corrected chi connectivity index (χ0v) is 18.9. The second-order valence-electron chi connectivity index (χ2n) is 8.47. The van der Waals surface area contributed by atoms with E-state index in [9.17, 15) is 9.59 Å². The minimum atomic E-state index is -0.131. The first-order chi connectivity index (χ1) is 16.0. The van der Waals surface area contributed by atoms with Gasteiger partial charge in [-0.2, -0.15) is 5.10 Å². The summed E-state index contributed by atoms with van der Waals surface area (Å²) in [4.78, 5) is 32.8. The molecule has 4 heterocycles. The second kappa shape index (κ2) is 8.67. The van der Waals surface area contributed by atoms with Crippen molar-refractivity contribution in [3.8, 4) is 5.82 Å². The normalized spacial score (nSPS) is 14.8. The van der Waals surface area contributed by atoms with Gasteiger partial charge in [-0.05, 0) is 44.2 Å². The third-order valence-electron chi connectivity index (χ3n) is 6.19. The van der Waals surface area contributed by atoms with E-state index in [0.717, 1.165) is 40.9 Å². The van der Waals surface area contributed by atoms with Gasteiger partial charge in [0.2, 0.25) is 0 Å². The molecular weight excluding hydrogens is 418 g/mol. The van der Waals surface area contributed by atoms with Crippen LogP contribution in [0.2, 0.25) is 0 Å². The molecule has 9 heteroatoms. The maximum Gasteiger partial charge on any atom is 0.266 e. The lowest BCUT2D eigenvalue weighted by molar-refractivity contribution is 0.0633. The van der Waals surface area contributed by atoms with Crippen LogP contribution in [0.4, 0.5) is 0 Å². The molecule has 0 radical (unpaired) electrons. The number of aryl methyl sites for hydroxylation is 2. The Morgan fingerprint density at radius 2 is 1.82 bits per heavy atom. The number of hydrogen-bond acceptors (Lipinski definition) is 5. The maximum atomic E-state index is 13.1. The third kappa shape index (κ3) is 4.19. The van der Waals surface area contributed by atoms with E-state index in [1.54, 1.807) is 10.7 Å². The molecule has 1 aliphatic rings. The largest absolute Gasteiger partial charge is 0.361 e. The second-order valence-corrected chi connectivity index (χ2v) is 8.47. The van der Waals surface area contributed by atoms with Gasteiger partial charge in [0.25, 0.3) is 11.5 Å². The lowest BCUT2D eigenvalue weighted by atomic mass is 10.1. The molecule has 0 unspecified atom stereocenters. The lowest BCUT2D eigenvalue weighted by Crippen LogP contribution is -2.49. The number of carbonyl (C=O) groups excluding carboxylic acids is 1. The molecule has 3 aromatic heterocycles. The average molecular weight is 446 g/mol. The summed E-state index contributed by atoms with van der Waals surface area (Å²) in [6.07, 6.45) is 1.86. The van der Waals surface area contributed by atoms with Crippen LogP contribution in [0.3, 0.4) is 0 Å². The number of carbonyl (C=O) groups is 1. The number of nitrogens with one attached hydrogen (secondary N) is 1. The summed E-state index contributed by atoms with van der Waals surface area (Å²) < 4.78 is 3.25. The van der Waals surface area contributed by atoms with Crippen molar-refractivity contribution in [2.45, 2.75) is 20.4 Å². The Kier molecular flexibility index (Phi) is 5.55. The van der Waals surface area contributed by atoms with E-state index >= 15 is 0 Å². The molecule has 1 N–H and O–H groups in total. The van der Waals surface area contributed by atoms with E-state index in [1.165, 1.54) is 10.7 Å². The molecule has 0 aliphatic carbocycles. The number of H-pyrrole nitrogens is 1. The van der Waals surface area contributed by atoms with Crippen molar-refractivity contribution in [2.24, 2.45) is 0 Å². The van der Waals surface area contributed by atoms with Crippen LogP contribution in [0.1, 0.15) is 21.7 Å². The Hall–Kier alpha value is -3.72. The molecular formula is C24H27N7O2. The van der Waals surface area contributed by atoms with Gasteiger partial charge < -0.3 is 9.88 Å². The topological polar surface area (TPSA) is 92.1 Å². The van der Waals surface area contributed by atoms with Crippen molar-refractivity contribution in [3.05, 3.63) is 76.0 Å². The molecule has 5 rings (SSSR count). The van der Waals surface area contributed by atoms with E-state index in [-0.39, 0.29) is 11.5 Å². The number of aromatic amines is 1. The van der Waals surface area contributed by atoms with Crippen LogP contribution in [0.5, 0.6) is 0 Å². The molecule has 9 nitrogen and oxygen atoms in total. The van der Waals surface area contributed by atoms with Crippen LogP contribution in [0.25, 0.3) is 16.7 Å². The predicted molar refractivity (Wildman–Crippen MR) is 126 cm³/mol. The molecule has 0 saturated carbocycles. The third-order valence-corrected chi connectivity index (χ3v) is 6.19. The van der Waals surface area contributed by atoms with Crippen LogP contribution in [-0.4, -0.2) is 73.0 Å². The van der Waals surface area contributed by atoms with Gasteiger partial charge in [0.1, 0.15) is 0 Å². The number of fused-ring (bicyclic) bond motifs is 1. The molecule has 4 aromatic rings. The standard InChI is InChI=1S/C24H27N7O2/c1-17-16-18(2)31(26-17)22-6-7-23(32)30(27-22)15-12-28-10-13-29(14-11-28)24(33)20-4-3-5-21-19(20)8-9-25-21/h3-9,16,25H,10-15H2,1-2H3. The average Bonchev–Trinajstić information content (AvgIpc) is 3.44. The number of hydrogen-bond donors (Lipinski definition) is 1. The van der Waals surface area contributed by atoms with Crippen LogP contribution in [0.15, 0.2) is 53.5 Å². The van der Waals surface area contributed by atoms with Crippen molar-refractivity contribution in [3.63, 3.8) is 0 Å². The summed E-state index contributed by atoms with van der Waals surface area (Å²) in [5, 5.41) is 9.93. The SMILES string of the molecule is Cc1cc(C)n(-c2ccc(=O)n(CCN3CCN(C(=O)c4cccc5[nH]ccc45)CC3)n2)n1. The summed E-state index contributed by atoms with van der Waals surface area (Å²) in [6.45, 7) is 7.94. The monoisotopic (exact) mass is 445 g/mol. The van der Waals surface area contributed by atoms with Gasteiger partial charge in [-0.1, -0.05) is 6.07 Å². The summed E-state index contributed by atoms with van der Waals surface area (Å²) in [5.74, 6) is 0.699.